The molecule has 1 aliphatic heterocycles. The van der Waals surface area contributed by atoms with Crippen LogP contribution in [0.1, 0.15) is 59.3 Å². The summed E-state index contributed by atoms with van der Waals surface area (Å²) in [5, 5.41) is 3.57. The SMILES string of the molecule is CCCC1NC(CC(C)C)N(C2CCC(OC)C2)C1=O. The van der Waals surface area contributed by atoms with E-state index in [2.05, 4.69) is 31.0 Å². The predicted octanol–water partition coefficient (Wildman–Crippen LogP) is 2.53. The van der Waals surface area contributed by atoms with Crippen LogP contribution in [0, 0.1) is 5.92 Å². The average molecular weight is 282 g/mol. The molecule has 4 heteroatoms. The number of hydrogen-bond acceptors (Lipinski definition) is 3. The van der Waals surface area contributed by atoms with Crippen LogP contribution < -0.4 is 5.32 Å². The quantitative estimate of drug-likeness (QED) is 0.814. The molecular weight excluding hydrogens is 252 g/mol. The molecular formula is C16H30N2O2. The minimum absolute atomic E-state index is 0.0327. The zero-order chi connectivity index (χ0) is 14.7. The summed E-state index contributed by atoms with van der Waals surface area (Å²) in [5.41, 5.74) is 0. The van der Waals surface area contributed by atoms with E-state index >= 15 is 0 Å². The van der Waals surface area contributed by atoms with Crippen LogP contribution >= 0.6 is 0 Å². The van der Waals surface area contributed by atoms with Gasteiger partial charge in [-0.3, -0.25) is 10.1 Å². The van der Waals surface area contributed by atoms with E-state index in [1.165, 1.54) is 0 Å². The fourth-order valence-electron chi connectivity index (χ4n) is 3.66. The lowest BCUT2D eigenvalue weighted by Crippen LogP contribution is -2.44. The molecule has 0 aromatic carbocycles. The van der Waals surface area contributed by atoms with Gasteiger partial charge in [-0.1, -0.05) is 27.2 Å². The lowest BCUT2D eigenvalue weighted by atomic mass is 10.1. The third-order valence-electron chi connectivity index (χ3n) is 4.64. The smallest absolute Gasteiger partial charge is 0.241 e. The van der Waals surface area contributed by atoms with Crippen LogP contribution in [0.5, 0.6) is 0 Å². The molecule has 4 unspecified atom stereocenters. The molecule has 0 aromatic heterocycles. The zero-order valence-electron chi connectivity index (χ0n) is 13.4. The summed E-state index contributed by atoms with van der Waals surface area (Å²) in [7, 11) is 1.78. The van der Waals surface area contributed by atoms with Crippen LogP contribution in [0.15, 0.2) is 0 Å². The molecule has 1 saturated heterocycles. The van der Waals surface area contributed by atoms with Crippen LogP contribution in [-0.2, 0) is 9.53 Å². The minimum Gasteiger partial charge on any atom is -0.381 e. The standard InChI is InChI=1S/C16H30N2O2/c1-5-6-14-16(19)18(15(17-14)9-11(2)3)12-7-8-13(10-12)20-4/h11-15,17H,5-10H2,1-4H3. The van der Waals surface area contributed by atoms with Gasteiger partial charge in [0.2, 0.25) is 5.91 Å². The first-order valence-electron chi connectivity index (χ1n) is 8.17. The first kappa shape index (κ1) is 15.8. The number of carbonyl (C=O) groups is 1. The molecule has 1 saturated carbocycles. The van der Waals surface area contributed by atoms with Crippen molar-refractivity contribution in [3.8, 4) is 0 Å². The number of amides is 1. The first-order valence-corrected chi connectivity index (χ1v) is 8.17. The van der Waals surface area contributed by atoms with Gasteiger partial charge in [0.15, 0.2) is 0 Å². The Bertz CT molecular complexity index is 332. The fraction of sp³-hybridized carbons (Fsp3) is 0.938. The molecule has 1 heterocycles. The summed E-state index contributed by atoms with van der Waals surface area (Å²) in [6, 6.07) is 0.399. The predicted molar refractivity (Wildman–Crippen MR) is 80.4 cm³/mol. The highest BCUT2D eigenvalue weighted by Crippen LogP contribution is 2.32. The first-order chi connectivity index (χ1) is 9.56. The maximum absolute atomic E-state index is 12.7. The molecule has 116 valence electrons. The van der Waals surface area contributed by atoms with Gasteiger partial charge in [0.05, 0.1) is 18.3 Å². The van der Waals surface area contributed by atoms with Crippen LogP contribution in [-0.4, -0.2) is 42.3 Å². The van der Waals surface area contributed by atoms with E-state index in [4.69, 9.17) is 4.74 Å². The maximum Gasteiger partial charge on any atom is 0.241 e. The lowest BCUT2D eigenvalue weighted by Gasteiger charge is -2.31. The molecule has 20 heavy (non-hydrogen) atoms. The fourth-order valence-corrected chi connectivity index (χ4v) is 3.66. The van der Waals surface area contributed by atoms with E-state index in [1.54, 1.807) is 7.11 Å². The van der Waals surface area contributed by atoms with Crippen LogP contribution in [0.3, 0.4) is 0 Å². The second-order valence-electron chi connectivity index (χ2n) is 6.72. The third kappa shape index (κ3) is 3.34. The van der Waals surface area contributed by atoms with E-state index in [0.29, 0.717) is 24.0 Å². The summed E-state index contributed by atoms with van der Waals surface area (Å²) in [4.78, 5) is 14.8. The summed E-state index contributed by atoms with van der Waals surface area (Å²) in [6.45, 7) is 6.60. The Hall–Kier alpha value is -0.610. The van der Waals surface area contributed by atoms with Crippen molar-refractivity contribution in [2.24, 2.45) is 5.92 Å². The number of carbonyl (C=O) groups excluding carboxylic acids is 1. The second-order valence-corrected chi connectivity index (χ2v) is 6.72. The van der Waals surface area contributed by atoms with Crippen LogP contribution in [0.2, 0.25) is 0 Å². The molecule has 4 atom stereocenters. The lowest BCUT2D eigenvalue weighted by molar-refractivity contribution is -0.132. The summed E-state index contributed by atoms with van der Waals surface area (Å²) < 4.78 is 5.47. The highest BCUT2D eigenvalue weighted by Gasteiger charge is 2.44. The summed E-state index contributed by atoms with van der Waals surface area (Å²) in [5.74, 6) is 0.919. The summed E-state index contributed by atoms with van der Waals surface area (Å²) >= 11 is 0. The van der Waals surface area contributed by atoms with Crippen molar-refractivity contribution in [1.82, 2.24) is 10.2 Å². The van der Waals surface area contributed by atoms with Crippen molar-refractivity contribution >= 4 is 5.91 Å². The molecule has 0 bridgehead atoms. The largest absolute Gasteiger partial charge is 0.381 e. The molecule has 2 fully saturated rings. The van der Waals surface area contributed by atoms with Gasteiger partial charge in [-0.15, -0.1) is 0 Å². The van der Waals surface area contributed by atoms with E-state index < -0.39 is 0 Å². The number of methoxy groups -OCH3 is 1. The zero-order valence-corrected chi connectivity index (χ0v) is 13.4. The summed E-state index contributed by atoms with van der Waals surface area (Å²) in [6.07, 6.45) is 6.76. The molecule has 2 aliphatic rings. The Balaban J connectivity index is 2.07. The Labute approximate surface area is 123 Å². The van der Waals surface area contributed by atoms with Gasteiger partial charge in [-0.2, -0.15) is 0 Å². The van der Waals surface area contributed by atoms with Crippen molar-refractivity contribution in [2.75, 3.05) is 7.11 Å². The molecule has 1 N–H and O–H groups in total. The van der Waals surface area contributed by atoms with E-state index in [9.17, 15) is 4.79 Å². The van der Waals surface area contributed by atoms with Gasteiger partial charge in [0.1, 0.15) is 0 Å². The van der Waals surface area contributed by atoms with E-state index in [1.807, 2.05) is 0 Å². The molecule has 0 spiro atoms. The molecule has 4 nitrogen and oxygen atoms in total. The Morgan fingerprint density at radius 1 is 1.40 bits per heavy atom. The van der Waals surface area contributed by atoms with Gasteiger partial charge < -0.3 is 9.64 Å². The topological polar surface area (TPSA) is 41.6 Å². The van der Waals surface area contributed by atoms with Crippen molar-refractivity contribution in [3.05, 3.63) is 0 Å². The number of nitrogens with zero attached hydrogens (tertiary/aromatic N) is 1. The highest BCUT2D eigenvalue weighted by atomic mass is 16.5. The van der Waals surface area contributed by atoms with Gasteiger partial charge in [-0.05, 0) is 38.0 Å². The number of nitrogens with one attached hydrogen (secondary N) is 1. The average Bonchev–Trinajstić information content (AvgIpc) is 2.95. The second kappa shape index (κ2) is 6.90. The van der Waals surface area contributed by atoms with Gasteiger partial charge in [-0.25, -0.2) is 0 Å². The number of ether oxygens (including phenoxy) is 1. The highest BCUT2D eigenvalue weighted by molar-refractivity contribution is 5.84. The van der Waals surface area contributed by atoms with Crippen molar-refractivity contribution in [1.29, 1.82) is 0 Å². The monoisotopic (exact) mass is 282 g/mol. The van der Waals surface area contributed by atoms with Gasteiger partial charge in [0.25, 0.3) is 0 Å². The number of rotatable bonds is 6. The molecule has 0 aromatic rings. The minimum atomic E-state index is 0.0327. The van der Waals surface area contributed by atoms with Crippen molar-refractivity contribution in [2.45, 2.75) is 83.6 Å². The van der Waals surface area contributed by atoms with E-state index in [0.717, 1.165) is 38.5 Å². The molecule has 1 aliphatic carbocycles. The Morgan fingerprint density at radius 3 is 2.70 bits per heavy atom. The third-order valence-corrected chi connectivity index (χ3v) is 4.64. The Kier molecular flexibility index (Phi) is 5.44. The molecule has 0 radical (unpaired) electrons. The van der Waals surface area contributed by atoms with Gasteiger partial charge >= 0.3 is 0 Å². The van der Waals surface area contributed by atoms with Crippen molar-refractivity contribution < 1.29 is 9.53 Å². The molecule has 2 rings (SSSR count). The number of hydrogen-bond donors (Lipinski definition) is 1. The maximum atomic E-state index is 12.7. The molecule has 1 amide bonds. The van der Waals surface area contributed by atoms with Crippen LogP contribution in [0.25, 0.3) is 0 Å². The van der Waals surface area contributed by atoms with E-state index in [-0.39, 0.29) is 12.2 Å². The normalized spacial score (nSPS) is 34.5. The van der Waals surface area contributed by atoms with Gasteiger partial charge in [0, 0.05) is 13.2 Å². The van der Waals surface area contributed by atoms with Crippen LogP contribution in [0.4, 0.5) is 0 Å². The van der Waals surface area contributed by atoms with Crippen molar-refractivity contribution in [3.63, 3.8) is 0 Å². The Morgan fingerprint density at radius 2 is 2.15 bits per heavy atom.